The molecule has 0 spiro atoms. The summed E-state index contributed by atoms with van der Waals surface area (Å²) >= 11 is 0. The minimum absolute atomic E-state index is 0.211. The van der Waals surface area contributed by atoms with Crippen molar-refractivity contribution in [2.24, 2.45) is 12.5 Å². The summed E-state index contributed by atoms with van der Waals surface area (Å²) in [7, 11) is 2.11. The summed E-state index contributed by atoms with van der Waals surface area (Å²) in [5.74, 6) is 2.03. The van der Waals surface area contributed by atoms with E-state index in [-0.39, 0.29) is 5.41 Å². The van der Waals surface area contributed by atoms with Gasteiger partial charge in [-0.25, -0.2) is 4.57 Å². The van der Waals surface area contributed by atoms with Crippen LogP contribution in [0, 0.1) is 12.3 Å². The number of fused-ring (bicyclic) bond motifs is 3. The number of nitrogens with zero attached hydrogens (tertiary/aromatic N) is 2. The van der Waals surface area contributed by atoms with Gasteiger partial charge in [-0.05, 0) is 82.6 Å². The van der Waals surface area contributed by atoms with E-state index in [0.717, 1.165) is 41.7 Å². The minimum Gasteiger partial charge on any atom is -0.455 e. The van der Waals surface area contributed by atoms with Gasteiger partial charge in [-0.1, -0.05) is 39.0 Å². The number of benzene rings is 3. The molecule has 0 N–H and O–H groups in total. The molecule has 1 aliphatic heterocycles. The molecule has 156 valence electrons. The number of rotatable bonds is 1. The SMILES string of the molecule is Cc1c2c(c3c4c(cccc14)CCC3)Oc1cc(CC(C)(C)C)cc3nc[n+](C)c-2c13. The maximum absolute atomic E-state index is 6.81. The predicted octanol–water partition coefficient (Wildman–Crippen LogP) is 6.37. The van der Waals surface area contributed by atoms with Crippen LogP contribution in [0.2, 0.25) is 0 Å². The fourth-order valence-corrected chi connectivity index (χ4v) is 5.72. The van der Waals surface area contributed by atoms with Crippen LogP contribution in [-0.4, -0.2) is 4.98 Å². The van der Waals surface area contributed by atoms with Crippen LogP contribution in [0.15, 0.2) is 36.7 Å². The van der Waals surface area contributed by atoms with E-state index in [1.54, 1.807) is 0 Å². The van der Waals surface area contributed by atoms with Gasteiger partial charge in [0, 0.05) is 5.56 Å². The molecule has 0 amide bonds. The predicted molar refractivity (Wildman–Crippen MR) is 126 cm³/mol. The van der Waals surface area contributed by atoms with E-state index in [1.165, 1.54) is 50.7 Å². The molecule has 0 bridgehead atoms. The van der Waals surface area contributed by atoms with Crippen LogP contribution in [0.5, 0.6) is 11.5 Å². The standard InChI is InChI=1S/C28H29N2O/c1-16-19-10-6-8-18-9-7-11-20(24(18)19)27-23(16)26-25-21(29-15-30(26)5)12-17(13-22(25)31-27)14-28(2,3)4/h6,8,10,12-13,15H,7,9,11,14H2,1-5H3/q+1. The van der Waals surface area contributed by atoms with Crippen molar-refractivity contribution < 1.29 is 9.30 Å². The van der Waals surface area contributed by atoms with Crippen molar-refractivity contribution in [2.45, 2.75) is 53.4 Å². The second kappa shape index (κ2) is 6.29. The largest absolute Gasteiger partial charge is 0.455 e. The molecule has 6 rings (SSSR count). The van der Waals surface area contributed by atoms with Gasteiger partial charge in [-0.2, -0.15) is 0 Å². The normalized spacial score (nSPS) is 14.6. The third kappa shape index (κ3) is 2.72. The Kier molecular flexibility index (Phi) is 3.81. The first-order chi connectivity index (χ1) is 14.8. The van der Waals surface area contributed by atoms with Crippen molar-refractivity contribution in [3.63, 3.8) is 0 Å². The Bertz CT molecular complexity index is 1410. The Morgan fingerprint density at radius 3 is 2.74 bits per heavy atom. The van der Waals surface area contributed by atoms with Crippen LogP contribution in [0.25, 0.3) is 32.9 Å². The van der Waals surface area contributed by atoms with Gasteiger partial charge in [0.25, 0.3) is 6.33 Å². The van der Waals surface area contributed by atoms with Crippen molar-refractivity contribution in [2.75, 3.05) is 0 Å². The molecule has 2 aliphatic rings. The summed E-state index contributed by atoms with van der Waals surface area (Å²) in [6.45, 7) is 9.10. The van der Waals surface area contributed by atoms with Gasteiger partial charge in [0.2, 0.25) is 0 Å². The average molecular weight is 410 g/mol. The van der Waals surface area contributed by atoms with Gasteiger partial charge < -0.3 is 4.74 Å². The van der Waals surface area contributed by atoms with E-state index in [9.17, 15) is 0 Å². The molecule has 0 saturated carbocycles. The Labute approximate surface area is 183 Å². The van der Waals surface area contributed by atoms with Crippen molar-refractivity contribution in [3.8, 4) is 22.8 Å². The topological polar surface area (TPSA) is 26.0 Å². The van der Waals surface area contributed by atoms with Crippen LogP contribution in [0.3, 0.4) is 0 Å². The quantitative estimate of drug-likeness (QED) is 0.301. The summed E-state index contributed by atoms with van der Waals surface area (Å²) in [6.07, 6.45) is 6.37. The lowest BCUT2D eigenvalue weighted by atomic mass is 9.82. The molecule has 1 aliphatic carbocycles. The highest BCUT2D eigenvalue weighted by atomic mass is 16.5. The van der Waals surface area contributed by atoms with E-state index in [1.807, 2.05) is 6.33 Å². The van der Waals surface area contributed by atoms with Crippen LogP contribution in [0.1, 0.15) is 49.4 Å². The lowest BCUT2D eigenvalue weighted by Gasteiger charge is -2.28. The maximum Gasteiger partial charge on any atom is 0.287 e. The van der Waals surface area contributed by atoms with Gasteiger partial charge in [0.1, 0.15) is 16.9 Å². The molecule has 2 heterocycles. The lowest BCUT2D eigenvalue weighted by Crippen LogP contribution is -2.33. The van der Waals surface area contributed by atoms with Crippen molar-refractivity contribution in [1.29, 1.82) is 0 Å². The molecular formula is C28H29N2O+. The van der Waals surface area contributed by atoms with E-state index >= 15 is 0 Å². The monoisotopic (exact) mass is 409 g/mol. The highest BCUT2D eigenvalue weighted by molar-refractivity contribution is 6.06. The Morgan fingerprint density at radius 1 is 1.10 bits per heavy atom. The molecule has 3 nitrogen and oxygen atoms in total. The lowest BCUT2D eigenvalue weighted by molar-refractivity contribution is -0.662. The Morgan fingerprint density at radius 2 is 1.94 bits per heavy atom. The fourth-order valence-electron chi connectivity index (χ4n) is 5.72. The fraction of sp³-hybridized carbons (Fsp3) is 0.357. The zero-order chi connectivity index (χ0) is 21.5. The highest BCUT2D eigenvalue weighted by Crippen LogP contribution is 2.52. The molecule has 4 aromatic rings. The maximum atomic E-state index is 6.81. The third-order valence-corrected chi connectivity index (χ3v) is 6.89. The molecule has 0 fully saturated rings. The van der Waals surface area contributed by atoms with Crippen molar-refractivity contribution in [3.05, 3.63) is 58.9 Å². The summed E-state index contributed by atoms with van der Waals surface area (Å²) in [4.78, 5) is 4.79. The number of hydrogen-bond acceptors (Lipinski definition) is 2. The molecule has 31 heavy (non-hydrogen) atoms. The second-order valence-corrected chi connectivity index (χ2v) is 10.5. The highest BCUT2D eigenvalue weighted by Gasteiger charge is 2.33. The van der Waals surface area contributed by atoms with Crippen molar-refractivity contribution >= 4 is 21.7 Å². The molecule has 0 atom stereocenters. The van der Waals surface area contributed by atoms with Crippen LogP contribution in [0.4, 0.5) is 0 Å². The van der Waals surface area contributed by atoms with E-state index in [2.05, 4.69) is 69.6 Å². The molecular weight excluding hydrogens is 380 g/mol. The van der Waals surface area contributed by atoms with E-state index < -0.39 is 0 Å². The van der Waals surface area contributed by atoms with Crippen molar-refractivity contribution in [1.82, 2.24) is 4.98 Å². The molecule has 3 heteroatoms. The number of hydrogen-bond donors (Lipinski definition) is 0. The van der Waals surface area contributed by atoms with Crippen LogP contribution >= 0.6 is 0 Å². The average Bonchev–Trinajstić information content (AvgIpc) is 2.72. The number of aryl methyl sites for hydroxylation is 4. The Hall–Kier alpha value is -2.94. The molecule has 3 aromatic carbocycles. The third-order valence-electron chi connectivity index (χ3n) is 6.89. The van der Waals surface area contributed by atoms with Gasteiger partial charge in [-0.15, -0.1) is 0 Å². The molecule has 0 radical (unpaired) electrons. The van der Waals surface area contributed by atoms with Crippen LogP contribution < -0.4 is 9.30 Å². The van der Waals surface area contributed by atoms with Crippen LogP contribution in [-0.2, 0) is 26.3 Å². The zero-order valence-electron chi connectivity index (χ0n) is 19.1. The van der Waals surface area contributed by atoms with Gasteiger partial charge >= 0.3 is 0 Å². The zero-order valence-corrected chi connectivity index (χ0v) is 19.1. The van der Waals surface area contributed by atoms with E-state index in [4.69, 9.17) is 9.72 Å². The second-order valence-electron chi connectivity index (χ2n) is 10.5. The first-order valence-electron chi connectivity index (χ1n) is 11.4. The number of ether oxygens (including phenoxy) is 1. The minimum atomic E-state index is 0.211. The van der Waals surface area contributed by atoms with Gasteiger partial charge in [-0.3, -0.25) is 0 Å². The first kappa shape index (κ1) is 18.8. The van der Waals surface area contributed by atoms with Gasteiger partial charge in [0.15, 0.2) is 11.2 Å². The first-order valence-corrected chi connectivity index (χ1v) is 11.4. The molecule has 0 saturated heterocycles. The van der Waals surface area contributed by atoms with Gasteiger partial charge in [0.05, 0.1) is 12.6 Å². The van der Waals surface area contributed by atoms with E-state index in [0.29, 0.717) is 0 Å². The summed E-state index contributed by atoms with van der Waals surface area (Å²) in [5.41, 5.74) is 9.16. The smallest absolute Gasteiger partial charge is 0.287 e. The summed E-state index contributed by atoms with van der Waals surface area (Å²) < 4.78 is 8.98. The molecule has 1 aromatic heterocycles. The summed E-state index contributed by atoms with van der Waals surface area (Å²) in [5, 5.41) is 3.93. The summed E-state index contributed by atoms with van der Waals surface area (Å²) in [6, 6.07) is 11.3. The Balaban J connectivity index is 1.73. The molecule has 0 unspecified atom stereocenters. The number of aromatic nitrogens is 2.